The minimum Gasteiger partial charge on any atom is -0.348 e. The van der Waals surface area contributed by atoms with Crippen LogP contribution in [0.3, 0.4) is 0 Å². The fraction of sp³-hybridized carbons (Fsp3) is 0.409. The Bertz CT molecular complexity index is 1140. The van der Waals surface area contributed by atoms with Crippen molar-refractivity contribution in [2.45, 2.75) is 51.4 Å². The quantitative estimate of drug-likeness (QED) is 0.630. The lowest BCUT2D eigenvalue weighted by molar-refractivity contribution is -0.137. The Balaban J connectivity index is 1.86. The molecule has 2 aromatic carbocycles. The van der Waals surface area contributed by atoms with Gasteiger partial charge in [0.25, 0.3) is 0 Å². The average Bonchev–Trinajstić information content (AvgIpc) is 3.15. The molecule has 0 fully saturated rings. The number of sulfonamides is 1. The molecule has 1 aliphatic carbocycles. The van der Waals surface area contributed by atoms with E-state index in [-0.39, 0.29) is 5.69 Å². The molecule has 0 spiro atoms. The van der Waals surface area contributed by atoms with Gasteiger partial charge in [-0.3, -0.25) is 9.10 Å². The highest BCUT2D eigenvalue weighted by molar-refractivity contribution is 7.92. The first-order valence-corrected chi connectivity index (χ1v) is 12.3. The lowest BCUT2D eigenvalue weighted by Gasteiger charge is -2.30. The van der Waals surface area contributed by atoms with Crippen LogP contribution in [0.5, 0.6) is 0 Å². The molecular formula is C22H24ClF3N2O3S. The van der Waals surface area contributed by atoms with Gasteiger partial charge in [0.05, 0.1) is 28.6 Å². The molecule has 1 aliphatic rings. The second-order valence-corrected chi connectivity index (χ2v) is 10.3. The summed E-state index contributed by atoms with van der Waals surface area (Å²) < 4.78 is 65.4. The van der Waals surface area contributed by atoms with Gasteiger partial charge in [-0.25, -0.2) is 8.42 Å². The molecule has 0 bridgehead atoms. The largest absolute Gasteiger partial charge is 0.417 e. The zero-order valence-electron chi connectivity index (χ0n) is 17.8. The van der Waals surface area contributed by atoms with Gasteiger partial charge >= 0.3 is 6.18 Å². The third-order valence-corrected chi connectivity index (χ3v) is 7.15. The van der Waals surface area contributed by atoms with Gasteiger partial charge in [0.1, 0.15) is 6.04 Å². The normalized spacial score (nSPS) is 15.7. The topological polar surface area (TPSA) is 66.5 Å². The number of amides is 1. The number of carbonyl (C=O) groups is 1. The molecule has 5 nitrogen and oxygen atoms in total. The number of halogens is 4. The first kappa shape index (κ1) is 24.4. The third kappa shape index (κ3) is 5.20. The van der Waals surface area contributed by atoms with E-state index in [1.54, 1.807) is 6.92 Å². The lowest BCUT2D eigenvalue weighted by atomic mass is 10.0. The first-order chi connectivity index (χ1) is 14.8. The number of benzene rings is 2. The molecule has 1 N–H and O–H groups in total. The molecule has 0 saturated carbocycles. The Kier molecular flexibility index (Phi) is 6.81. The van der Waals surface area contributed by atoms with Crippen LogP contribution in [0.25, 0.3) is 0 Å². The summed E-state index contributed by atoms with van der Waals surface area (Å²) in [5, 5.41) is 2.21. The number of aryl methyl sites for hydroxylation is 2. The van der Waals surface area contributed by atoms with Crippen molar-refractivity contribution in [3.05, 3.63) is 63.7 Å². The average molecular weight is 489 g/mol. The van der Waals surface area contributed by atoms with Crippen molar-refractivity contribution in [3.8, 4) is 0 Å². The Morgan fingerprint density at radius 1 is 1.09 bits per heavy atom. The van der Waals surface area contributed by atoms with Crippen molar-refractivity contribution in [1.29, 1.82) is 0 Å². The van der Waals surface area contributed by atoms with Crippen molar-refractivity contribution in [2.75, 3.05) is 10.6 Å². The van der Waals surface area contributed by atoms with E-state index in [0.29, 0.717) is 10.4 Å². The van der Waals surface area contributed by atoms with E-state index in [2.05, 4.69) is 5.32 Å². The van der Waals surface area contributed by atoms with Crippen LogP contribution in [0.15, 0.2) is 36.4 Å². The van der Waals surface area contributed by atoms with Gasteiger partial charge < -0.3 is 5.32 Å². The fourth-order valence-corrected chi connectivity index (χ4v) is 5.35. The summed E-state index contributed by atoms with van der Waals surface area (Å²) in [6.07, 6.45) is -0.856. The maximum Gasteiger partial charge on any atom is 0.417 e. The molecule has 32 heavy (non-hydrogen) atoms. The van der Waals surface area contributed by atoms with E-state index in [4.69, 9.17) is 11.6 Å². The van der Waals surface area contributed by atoms with Crippen molar-refractivity contribution in [2.24, 2.45) is 0 Å². The smallest absolute Gasteiger partial charge is 0.348 e. The summed E-state index contributed by atoms with van der Waals surface area (Å²) in [7, 11) is -4.08. The number of carbonyl (C=O) groups excluding carboxylic acids is 1. The molecule has 0 saturated heterocycles. The second-order valence-electron chi connectivity index (χ2n) is 8.01. The van der Waals surface area contributed by atoms with Crippen LogP contribution in [0.1, 0.15) is 48.6 Å². The summed E-state index contributed by atoms with van der Waals surface area (Å²) in [6, 6.07) is 7.03. The fourth-order valence-electron chi connectivity index (χ4n) is 3.95. The van der Waals surface area contributed by atoms with Crippen LogP contribution < -0.4 is 9.62 Å². The summed E-state index contributed by atoms with van der Waals surface area (Å²) in [4.78, 5) is 12.9. The van der Waals surface area contributed by atoms with Gasteiger partial charge in [-0.05, 0) is 68.0 Å². The SMILES string of the molecule is C[C@H](NC(=O)[C@@H](C)N(c1ccc(Cl)c(C(F)(F)F)c1)S(C)(=O)=O)c1ccc2c(c1)CCC2. The number of alkyl halides is 3. The number of nitrogens with one attached hydrogen (secondary N) is 1. The van der Waals surface area contributed by atoms with Gasteiger partial charge in [0, 0.05) is 0 Å². The maximum atomic E-state index is 13.3. The molecule has 0 aromatic heterocycles. The zero-order chi connectivity index (χ0) is 23.8. The number of rotatable bonds is 6. The van der Waals surface area contributed by atoms with Crippen LogP contribution in [0.4, 0.5) is 18.9 Å². The van der Waals surface area contributed by atoms with Crippen LogP contribution in [0.2, 0.25) is 5.02 Å². The van der Waals surface area contributed by atoms with Crippen molar-refractivity contribution in [3.63, 3.8) is 0 Å². The van der Waals surface area contributed by atoms with E-state index in [1.807, 2.05) is 18.2 Å². The molecule has 2 atom stereocenters. The molecular weight excluding hydrogens is 465 g/mol. The molecule has 0 radical (unpaired) electrons. The molecule has 2 aromatic rings. The highest BCUT2D eigenvalue weighted by Gasteiger charge is 2.36. The van der Waals surface area contributed by atoms with Gasteiger partial charge in [-0.2, -0.15) is 13.2 Å². The van der Waals surface area contributed by atoms with Crippen molar-refractivity contribution >= 4 is 33.2 Å². The Morgan fingerprint density at radius 2 is 1.75 bits per heavy atom. The highest BCUT2D eigenvalue weighted by Crippen LogP contribution is 2.38. The summed E-state index contributed by atoms with van der Waals surface area (Å²) >= 11 is 5.65. The lowest BCUT2D eigenvalue weighted by Crippen LogP contribution is -2.48. The molecule has 3 rings (SSSR count). The number of hydrogen-bond acceptors (Lipinski definition) is 3. The molecule has 0 unspecified atom stereocenters. The van der Waals surface area contributed by atoms with Gasteiger partial charge in [0.15, 0.2) is 0 Å². The summed E-state index contributed by atoms with van der Waals surface area (Å²) in [5.74, 6) is -0.632. The van der Waals surface area contributed by atoms with Crippen LogP contribution in [-0.2, 0) is 33.8 Å². The van der Waals surface area contributed by atoms with E-state index in [0.717, 1.165) is 43.2 Å². The Morgan fingerprint density at radius 3 is 2.38 bits per heavy atom. The van der Waals surface area contributed by atoms with E-state index in [9.17, 15) is 26.4 Å². The van der Waals surface area contributed by atoms with E-state index < -0.39 is 44.8 Å². The van der Waals surface area contributed by atoms with Gasteiger partial charge in [-0.15, -0.1) is 0 Å². The molecule has 0 aliphatic heterocycles. The van der Waals surface area contributed by atoms with Crippen molar-refractivity contribution in [1.82, 2.24) is 5.32 Å². The van der Waals surface area contributed by atoms with E-state index in [1.165, 1.54) is 18.1 Å². The molecule has 10 heteroatoms. The predicted octanol–water partition coefficient (Wildman–Crippen LogP) is 4.88. The molecule has 174 valence electrons. The maximum absolute atomic E-state index is 13.3. The van der Waals surface area contributed by atoms with Crippen LogP contribution in [-0.4, -0.2) is 26.6 Å². The van der Waals surface area contributed by atoms with Crippen molar-refractivity contribution < 1.29 is 26.4 Å². The Labute approximate surface area is 190 Å². The number of hydrogen-bond donors (Lipinski definition) is 1. The number of anilines is 1. The third-order valence-electron chi connectivity index (χ3n) is 5.58. The molecule has 0 heterocycles. The summed E-state index contributed by atoms with van der Waals surface area (Å²) in [6.45, 7) is 3.10. The van der Waals surface area contributed by atoms with Gasteiger partial charge in [-0.1, -0.05) is 29.8 Å². The second kappa shape index (κ2) is 8.94. The number of nitrogens with zero attached hydrogens (tertiary/aromatic N) is 1. The molecule has 1 amide bonds. The standard InChI is InChI=1S/C22H24ClF3N2O3S/c1-13(16-8-7-15-5-4-6-17(15)11-16)27-21(29)14(2)28(32(3,30)31)18-9-10-20(23)19(12-18)22(24,25)26/h7-14H,4-6H2,1-3H3,(H,27,29)/t13-,14+/m0/s1. The monoisotopic (exact) mass is 488 g/mol. The highest BCUT2D eigenvalue weighted by atomic mass is 35.5. The first-order valence-electron chi connectivity index (χ1n) is 10.1. The minimum atomic E-state index is -4.77. The number of fused-ring (bicyclic) bond motifs is 1. The van der Waals surface area contributed by atoms with E-state index >= 15 is 0 Å². The predicted molar refractivity (Wildman–Crippen MR) is 118 cm³/mol. The minimum absolute atomic E-state index is 0.294. The van der Waals surface area contributed by atoms with Gasteiger partial charge in [0.2, 0.25) is 15.9 Å². The van der Waals surface area contributed by atoms with Crippen LogP contribution in [0, 0.1) is 0 Å². The zero-order valence-corrected chi connectivity index (χ0v) is 19.4. The van der Waals surface area contributed by atoms with Crippen LogP contribution >= 0.6 is 11.6 Å². The Hall–Kier alpha value is -2.26. The summed E-state index contributed by atoms with van der Waals surface area (Å²) in [5.41, 5.74) is 1.92.